The van der Waals surface area contributed by atoms with E-state index in [4.69, 9.17) is 9.84 Å². The second kappa shape index (κ2) is 8.57. The highest BCUT2D eigenvalue weighted by Crippen LogP contribution is 2.22. The van der Waals surface area contributed by atoms with Gasteiger partial charge in [-0.25, -0.2) is 4.79 Å². The fourth-order valence-corrected chi connectivity index (χ4v) is 2.28. The molecule has 1 amide bonds. The van der Waals surface area contributed by atoms with Crippen LogP contribution in [0, 0.1) is 0 Å². The molecule has 126 valence electrons. The van der Waals surface area contributed by atoms with Gasteiger partial charge in [-0.05, 0) is 23.3 Å². The van der Waals surface area contributed by atoms with Gasteiger partial charge in [0.05, 0.1) is 6.42 Å². The van der Waals surface area contributed by atoms with Crippen LogP contribution in [0.2, 0.25) is 0 Å². The first kappa shape index (κ1) is 17.3. The Morgan fingerprint density at radius 3 is 2.50 bits per heavy atom. The van der Waals surface area contributed by atoms with Gasteiger partial charge in [0.15, 0.2) is 0 Å². The van der Waals surface area contributed by atoms with Crippen molar-refractivity contribution in [1.82, 2.24) is 5.32 Å². The zero-order valence-electron chi connectivity index (χ0n) is 13.0. The molecule has 3 N–H and O–H groups in total. The predicted molar refractivity (Wildman–Crippen MR) is 87.7 cm³/mol. The van der Waals surface area contributed by atoms with E-state index in [-0.39, 0.29) is 25.3 Å². The summed E-state index contributed by atoms with van der Waals surface area (Å²) in [5.74, 6) is -1.39. The molecule has 0 spiro atoms. The van der Waals surface area contributed by atoms with E-state index in [1.165, 1.54) is 12.1 Å². The molecule has 0 heterocycles. The van der Waals surface area contributed by atoms with Crippen molar-refractivity contribution < 1.29 is 24.5 Å². The number of phenols is 1. The molecule has 24 heavy (non-hydrogen) atoms. The standard InChI is InChI=1S/C18H19NO5/c20-16-8-4-7-14(9-16)15(10-17(21)22)11-19-18(23)24-12-13-5-2-1-3-6-13/h1-9,15,20H,10-12H2,(H,19,23)(H,21,22). The average molecular weight is 329 g/mol. The molecular weight excluding hydrogens is 310 g/mol. The van der Waals surface area contributed by atoms with Crippen molar-refractivity contribution >= 4 is 12.1 Å². The number of carboxylic acid groups (broad SMARTS) is 1. The first-order valence-electron chi connectivity index (χ1n) is 7.50. The molecule has 2 aromatic carbocycles. The predicted octanol–water partition coefficient (Wildman–Crippen LogP) is 2.88. The van der Waals surface area contributed by atoms with Gasteiger partial charge in [-0.3, -0.25) is 4.79 Å². The topological polar surface area (TPSA) is 95.9 Å². The number of carbonyl (C=O) groups is 2. The number of phenolic OH excluding ortho intramolecular Hbond substituents is 1. The molecule has 1 atom stereocenters. The molecule has 0 fully saturated rings. The third-order valence-electron chi connectivity index (χ3n) is 3.47. The fourth-order valence-electron chi connectivity index (χ4n) is 2.28. The Kier molecular flexibility index (Phi) is 6.19. The molecule has 0 aliphatic rings. The summed E-state index contributed by atoms with van der Waals surface area (Å²) in [6, 6.07) is 15.6. The SMILES string of the molecule is O=C(O)CC(CNC(=O)OCc1ccccc1)c1cccc(O)c1. The number of carbonyl (C=O) groups excluding carboxylic acids is 1. The van der Waals surface area contributed by atoms with Crippen LogP contribution in [0.25, 0.3) is 0 Å². The van der Waals surface area contributed by atoms with Gasteiger partial charge in [0.25, 0.3) is 0 Å². The maximum absolute atomic E-state index is 11.8. The minimum atomic E-state index is -0.984. The van der Waals surface area contributed by atoms with E-state index in [9.17, 15) is 14.7 Å². The molecule has 2 rings (SSSR count). The largest absolute Gasteiger partial charge is 0.508 e. The van der Waals surface area contributed by atoms with Gasteiger partial charge < -0.3 is 20.3 Å². The Bertz CT molecular complexity index is 687. The van der Waals surface area contributed by atoms with E-state index in [2.05, 4.69) is 5.32 Å². The minimum absolute atomic E-state index is 0.0505. The van der Waals surface area contributed by atoms with E-state index in [0.29, 0.717) is 5.56 Å². The number of rotatable bonds is 7. The maximum atomic E-state index is 11.8. The second-order valence-electron chi connectivity index (χ2n) is 5.33. The zero-order valence-corrected chi connectivity index (χ0v) is 13.0. The fraction of sp³-hybridized carbons (Fsp3) is 0.222. The number of nitrogens with one attached hydrogen (secondary N) is 1. The summed E-state index contributed by atoms with van der Waals surface area (Å²) in [5, 5.41) is 21.1. The van der Waals surface area contributed by atoms with Crippen molar-refractivity contribution in [2.24, 2.45) is 0 Å². The second-order valence-corrected chi connectivity index (χ2v) is 5.33. The number of aliphatic carboxylic acids is 1. The van der Waals surface area contributed by atoms with Crippen LogP contribution in [0.5, 0.6) is 5.75 Å². The normalized spacial score (nSPS) is 11.5. The lowest BCUT2D eigenvalue weighted by atomic mass is 9.95. The van der Waals surface area contributed by atoms with Crippen LogP contribution in [0.1, 0.15) is 23.5 Å². The molecule has 1 unspecified atom stereocenters. The Morgan fingerprint density at radius 1 is 1.08 bits per heavy atom. The highest BCUT2D eigenvalue weighted by Gasteiger charge is 2.17. The number of hydrogen-bond donors (Lipinski definition) is 3. The van der Waals surface area contributed by atoms with Crippen molar-refractivity contribution in [3.05, 3.63) is 65.7 Å². The Labute approximate surface area is 139 Å². The van der Waals surface area contributed by atoms with Gasteiger partial charge in [0.2, 0.25) is 0 Å². The number of ether oxygens (including phenoxy) is 1. The quantitative estimate of drug-likeness (QED) is 0.726. The highest BCUT2D eigenvalue weighted by atomic mass is 16.5. The monoisotopic (exact) mass is 329 g/mol. The van der Waals surface area contributed by atoms with Crippen molar-refractivity contribution in [2.45, 2.75) is 18.9 Å². The van der Waals surface area contributed by atoms with Gasteiger partial charge in [-0.2, -0.15) is 0 Å². The van der Waals surface area contributed by atoms with Crippen LogP contribution >= 0.6 is 0 Å². The molecule has 6 nitrogen and oxygen atoms in total. The lowest BCUT2D eigenvalue weighted by Gasteiger charge is -2.16. The number of aromatic hydroxyl groups is 1. The van der Waals surface area contributed by atoms with Crippen LogP contribution in [-0.2, 0) is 16.1 Å². The van der Waals surface area contributed by atoms with Crippen molar-refractivity contribution in [3.8, 4) is 5.75 Å². The van der Waals surface area contributed by atoms with E-state index in [1.54, 1.807) is 12.1 Å². The minimum Gasteiger partial charge on any atom is -0.508 e. The molecule has 0 saturated carbocycles. The summed E-state index contributed by atoms with van der Waals surface area (Å²) in [4.78, 5) is 22.8. The van der Waals surface area contributed by atoms with Crippen LogP contribution in [-0.4, -0.2) is 28.8 Å². The van der Waals surface area contributed by atoms with Crippen molar-refractivity contribution in [3.63, 3.8) is 0 Å². The Balaban J connectivity index is 1.90. The zero-order chi connectivity index (χ0) is 17.4. The molecule has 0 saturated heterocycles. The summed E-state index contributed by atoms with van der Waals surface area (Å²) in [5.41, 5.74) is 1.50. The molecule has 2 aromatic rings. The lowest BCUT2D eigenvalue weighted by molar-refractivity contribution is -0.137. The third kappa shape index (κ3) is 5.64. The highest BCUT2D eigenvalue weighted by molar-refractivity contribution is 5.69. The summed E-state index contributed by atoms with van der Waals surface area (Å²) in [6.07, 6.45) is -0.781. The number of amides is 1. The number of benzene rings is 2. The smallest absolute Gasteiger partial charge is 0.407 e. The molecule has 0 aliphatic heterocycles. The van der Waals surface area contributed by atoms with Crippen LogP contribution in [0.4, 0.5) is 4.79 Å². The van der Waals surface area contributed by atoms with Gasteiger partial charge in [-0.15, -0.1) is 0 Å². The van der Waals surface area contributed by atoms with Crippen molar-refractivity contribution in [2.75, 3.05) is 6.54 Å². The van der Waals surface area contributed by atoms with Crippen LogP contribution < -0.4 is 5.32 Å². The summed E-state index contributed by atoms with van der Waals surface area (Å²) in [6.45, 7) is 0.242. The molecule has 0 aromatic heterocycles. The third-order valence-corrected chi connectivity index (χ3v) is 3.47. The first-order chi connectivity index (χ1) is 11.5. The first-order valence-corrected chi connectivity index (χ1v) is 7.50. The Hall–Kier alpha value is -3.02. The summed E-state index contributed by atoms with van der Waals surface area (Å²) < 4.78 is 5.10. The van der Waals surface area contributed by atoms with E-state index < -0.39 is 18.0 Å². The summed E-state index contributed by atoms with van der Waals surface area (Å²) >= 11 is 0. The molecule has 0 aliphatic carbocycles. The van der Waals surface area contributed by atoms with Gasteiger partial charge in [0.1, 0.15) is 12.4 Å². The van der Waals surface area contributed by atoms with Gasteiger partial charge in [-0.1, -0.05) is 42.5 Å². The van der Waals surface area contributed by atoms with Crippen molar-refractivity contribution in [1.29, 1.82) is 0 Å². The number of alkyl carbamates (subject to hydrolysis) is 1. The van der Waals surface area contributed by atoms with Crippen LogP contribution in [0.3, 0.4) is 0 Å². The Morgan fingerprint density at radius 2 is 1.83 bits per heavy atom. The van der Waals surface area contributed by atoms with Gasteiger partial charge in [0, 0.05) is 12.5 Å². The van der Waals surface area contributed by atoms with E-state index in [1.807, 2.05) is 30.3 Å². The van der Waals surface area contributed by atoms with Crippen LogP contribution in [0.15, 0.2) is 54.6 Å². The summed E-state index contributed by atoms with van der Waals surface area (Å²) in [7, 11) is 0. The molecule has 0 radical (unpaired) electrons. The van der Waals surface area contributed by atoms with Gasteiger partial charge >= 0.3 is 12.1 Å². The lowest BCUT2D eigenvalue weighted by Crippen LogP contribution is -2.29. The molecule has 0 bridgehead atoms. The van der Waals surface area contributed by atoms with E-state index >= 15 is 0 Å². The average Bonchev–Trinajstić information content (AvgIpc) is 2.57. The molecular formula is C18H19NO5. The number of carboxylic acids is 1. The number of hydrogen-bond acceptors (Lipinski definition) is 4. The molecule has 6 heteroatoms. The maximum Gasteiger partial charge on any atom is 0.407 e. The van der Waals surface area contributed by atoms with E-state index in [0.717, 1.165) is 5.56 Å².